The molecule has 1 aromatic carbocycles. The molecule has 1 unspecified atom stereocenters. The summed E-state index contributed by atoms with van der Waals surface area (Å²) in [5.74, 6) is -0.319. The molecule has 0 amide bonds. The van der Waals surface area contributed by atoms with Crippen molar-refractivity contribution in [2.75, 3.05) is 20.2 Å². The Labute approximate surface area is 127 Å². The van der Waals surface area contributed by atoms with Gasteiger partial charge in [0.1, 0.15) is 5.75 Å². The maximum Gasteiger partial charge on any atom is 0.335 e. The number of hydrogen-bond acceptors (Lipinski definition) is 3. The standard InChI is InChI=1S/C17H27NO3/c1-13(17(2,3)4)18(5)10-7-11-21-15-9-6-8-14(12-15)16(19)20/h6,8-9,12-13H,7,10-11H2,1-5H3,(H,19,20). The molecule has 1 aromatic rings. The fourth-order valence-corrected chi connectivity index (χ4v) is 2.08. The molecular weight excluding hydrogens is 266 g/mol. The molecule has 118 valence electrons. The van der Waals surface area contributed by atoms with Gasteiger partial charge < -0.3 is 14.7 Å². The maximum absolute atomic E-state index is 10.9. The van der Waals surface area contributed by atoms with E-state index in [-0.39, 0.29) is 11.0 Å². The van der Waals surface area contributed by atoms with Crippen molar-refractivity contribution in [2.45, 2.75) is 40.2 Å². The second-order valence-electron chi connectivity index (χ2n) is 6.56. The Kier molecular flexibility index (Phi) is 6.21. The molecule has 0 aromatic heterocycles. The van der Waals surface area contributed by atoms with Crippen LogP contribution in [0.3, 0.4) is 0 Å². The van der Waals surface area contributed by atoms with E-state index in [9.17, 15) is 4.79 Å². The third-order valence-corrected chi connectivity index (χ3v) is 3.92. The van der Waals surface area contributed by atoms with Gasteiger partial charge in [-0.25, -0.2) is 4.79 Å². The minimum Gasteiger partial charge on any atom is -0.494 e. The molecule has 0 saturated heterocycles. The summed E-state index contributed by atoms with van der Waals surface area (Å²) in [6.07, 6.45) is 0.911. The average molecular weight is 293 g/mol. The molecule has 0 bridgehead atoms. The first-order valence-corrected chi connectivity index (χ1v) is 7.38. The molecule has 0 radical (unpaired) electrons. The Morgan fingerprint density at radius 1 is 1.38 bits per heavy atom. The summed E-state index contributed by atoms with van der Waals surface area (Å²) in [7, 11) is 2.13. The van der Waals surface area contributed by atoms with E-state index in [0.29, 0.717) is 18.4 Å². The van der Waals surface area contributed by atoms with Crippen molar-refractivity contribution in [3.05, 3.63) is 29.8 Å². The van der Waals surface area contributed by atoms with Gasteiger partial charge in [-0.2, -0.15) is 0 Å². The van der Waals surface area contributed by atoms with E-state index in [4.69, 9.17) is 9.84 Å². The summed E-state index contributed by atoms with van der Waals surface area (Å²) in [4.78, 5) is 13.2. The minimum atomic E-state index is -0.931. The number of carbonyl (C=O) groups is 1. The second kappa shape index (κ2) is 7.46. The van der Waals surface area contributed by atoms with E-state index >= 15 is 0 Å². The van der Waals surface area contributed by atoms with E-state index in [1.165, 1.54) is 0 Å². The quantitative estimate of drug-likeness (QED) is 0.781. The van der Waals surface area contributed by atoms with Crippen LogP contribution >= 0.6 is 0 Å². The molecular formula is C17H27NO3. The average Bonchev–Trinajstić information content (AvgIpc) is 2.41. The monoisotopic (exact) mass is 293 g/mol. The van der Waals surface area contributed by atoms with E-state index < -0.39 is 5.97 Å². The van der Waals surface area contributed by atoms with Crippen LogP contribution in [0.1, 0.15) is 44.5 Å². The van der Waals surface area contributed by atoms with Crippen LogP contribution in [0.15, 0.2) is 24.3 Å². The van der Waals surface area contributed by atoms with Gasteiger partial charge in [0.2, 0.25) is 0 Å². The predicted molar refractivity (Wildman–Crippen MR) is 85.1 cm³/mol. The first-order valence-electron chi connectivity index (χ1n) is 7.38. The van der Waals surface area contributed by atoms with Crippen LogP contribution in [-0.2, 0) is 0 Å². The van der Waals surface area contributed by atoms with Crippen molar-refractivity contribution < 1.29 is 14.6 Å². The SMILES string of the molecule is CC(N(C)CCCOc1cccc(C(=O)O)c1)C(C)(C)C. The highest BCUT2D eigenvalue weighted by molar-refractivity contribution is 5.87. The van der Waals surface area contributed by atoms with Crippen molar-refractivity contribution in [1.29, 1.82) is 0 Å². The molecule has 0 spiro atoms. The molecule has 1 N–H and O–H groups in total. The van der Waals surface area contributed by atoms with Crippen LogP contribution in [0.25, 0.3) is 0 Å². The lowest BCUT2D eigenvalue weighted by atomic mass is 9.87. The van der Waals surface area contributed by atoms with Crippen LogP contribution in [0.2, 0.25) is 0 Å². The summed E-state index contributed by atoms with van der Waals surface area (Å²) < 4.78 is 5.62. The Balaban J connectivity index is 2.38. The smallest absolute Gasteiger partial charge is 0.335 e. The zero-order chi connectivity index (χ0) is 16.0. The minimum absolute atomic E-state index is 0.255. The normalized spacial score (nSPS) is 13.2. The molecule has 21 heavy (non-hydrogen) atoms. The first kappa shape index (κ1) is 17.5. The molecule has 0 aliphatic rings. The van der Waals surface area contributed by atoms with Gasteiger partial charge in [-0.15, -0.1) is 0 Å². The number of benzene rings is 1. The lowest BCUT2D eigenvalue weighted by Crippen LogP contribution is -2.40. The first-order chi connectivity index (χ1) is 9.71. The van der Waals surface area contributed by atoms with Gasteiger partial charge >= 0.3 is 5.97 Å². The summed E-state index contributed by atoms with van der Waals surface area (Å²) in [6.45, 7) is 10.5. The zero-order valence-electron chi connectivity index (χ0n) is 13.7. The predicted octanol–water partition coefficient (Wildman–Crippen LogP) is 3.52. The summed E-state index contributed by atoms with van der Waals surface area (Å²) in [5, 5.41) is 8.93. The molecule has 1 atom stereocenters. The fraction of sp³-hybridized carbons (Fsp3) is 0.588. The number of aromatic carboxylic acids is 1. The highest BCUT2D eigenvalue weighted by Gasteiger charge is 2.23. The van der Waals surface area contributed by atoms with Gasteiger partial charge in [0, 0.05) is 12.6 Å². The molecule has 1 rings (SSSR count). The summed E-state index contributed by atoms with van der Waals surface area (Å²) >= 11 is 0. The van der Waals surface area contributed by atoms with Crippen LogP contribution in [-0.4, -0.2) is 42.2 Å². The van der Waals surface area contributed by atoms with E-state index in [2.05, 4.69) is 39.6 Å². The van der Waals surface area contributed by atoms with Gasteiger partial charge in [-0.3, -0.25) is 0 Å². The summed E-state index contributed by atoms with van der Waals surface area (Å²) in [5.41, 5.74) is 0.511. The van der Waals surface area contributed by atoms with Gasteiger partial charge in [-0.05, 0) is 44.0 Å². The summed E-state index contributed by atoms with van der Waals surface area (Å²) in [6, 6.07) is 7.10. The Hall–Kier alpha value is -1.55. The molecule has 4 nitrogen and oxygen atoms in total. The van der Waals surface area contributed by atoms with Crippen molar-refractivity contribution in [3.8, 4) is 5.75 Å². The highest BCUT2D eigenvalue weighted by Crippen LogP contribution is 2.23. The number of hydrogen-bond donors (Lipinski definition) is 1. The zero-order valence-corrected chi connectivity index (χ0v) is 13.7. The van der Waals surface area contributed by atoms with Crippen LogP contribution in [0.4, 0.5) is 0 Å². The Morgan fingerprint density at radius 2 is 2.05 bits per heavy atom. The largest absolute Gasteiger partial charge is 0.494 e. The molecule has 0 aliphatic heterocycles. The Morgan fingerprint density at radius 3 is 2.62 bits per heavy atom. The van der Waals surface area contributed by atoms with E-state index in [1.54, 1.807) is 24.3 Å². The van der Waals surface area contributed by atoms with Crippen LogP contribution in [0.5, 0.6) is 5.75 Å². The molecule has 0 heterocycles. The molecule has 0 saturated carbocycles. The third kappa shape index (κ3) is 5.76. The molecule has 0 aliphatic carbocycles. The maximum atomic E-state index is 10.9. The van der Waals surface area contributed by atoms with Crippen LogP contribution < -0.4 is 4.74 Å². The van der Waals surface area contributed by atoms with Gasteiger partial charge in [0.15, 0.2) is 0 Å². The third-order valence-electron chi connectivity index (χ3n) is 3.92. The second-order valence-corrected chi connectivity index (χ2v) is 6.56. The van der Waals surface area contributed by atoms with E-state index in [0.717, 1.165) is 13.0 Å². The number of carboxylic acid groups (broad SMARTS) is 1. The van der Waals surface area contributed by atoms with Crippen LogP contribution in [0, 0.1) is 5.41 Å². The number of nitrogens with zero attached hydrogens (tertiary/aromatic N) is 1. The van der Waals surface area contributed by atoms with Crippen molar-refractivity contribution in [2.24, 2.45) is 5.41 Å². The van der Waals surface area contributed by atoms with Gasteiger partial charge in [0.05, 0.1) is 12.2 Å². The lowest BCUT2D eigenvalue weighted by Gasteiger charge is -2.35. The molecule has 4 heteroatoms. The van der Waals surface area contributed by atoms with E-state index in [1.807, 2.05) is 0 Å². The van der Waals surface area contributed by atoms with Gasteiger partial charge in [-0.1, -0.05) is 26.8 Å². The Bertz CT molecular complexity index is 465. The number of ether oxygens (including phenoxy) is 1. The highest BCUT2D eigenvalue weighted by atomic mass is 16.5. The molecule has 0 fully saturated rings. The number of carboxylic acids is 1. The van der Waals surface area contributed by atoms with Crippen molar-refractivity contribution in [1.82, 2.24) is 4.90 Å². The fourth-order valence-electron chi connectivity index (χ4n) is 2.08. The van der Waals surface area contributed by atoms with Crippen molar-refractivity contribution in [3.63, 3.8) is 0 Å². The lowest BCUT2D eigenvalue weighted by molar-refractivity contribution is 0.0696. The topological polar surface area (TPSA) is 49.8 Å². The van der Waals surface area contributed by atoms with Gasteiger partial charge in [0.25, 0.3) is 0 Å². The van der Waals surface area contributed by atoms with Crippen molar-refractivity contribution >= 4 is 5.97 Å². The number of rotatable bonds is 7.